The molecule has 0 unspecified atom stereocenters. The zero-order valence-corrected chi connectivity index (χ0v) is 9.32. The van der Waals surface area contributed by atoms with E-state index < -0.39 is 11.6 Å². The summed E-state index contributed by atoms with van der Waals surface area (Å²) in [7, 11) is 3.18. The van der Waals surface area contributed by atoms with Crippen molar-refractivity contribution in [1.29, 1.82) is 0 Å². The van der Waals surface area contributed by atoms with Crippen LogP contribution in [0.1, 0.15) is 12.8 Å². The third-order valence-electron chi connectivity index (χ3n) is 2.11. The monoisotopic (exact) mass is 220 g/mol. The van der Waals surface area contributed by atoms with Crippen LogP contribution in [-0.4, -0.2) is 45.7 Å². The normalized spacial score (nSPS) is 11.4. The second-order valence-electron chi connectivity index (χ2n) is 3.46. The number of primary amides is 1. The lowest BCUT2D eigenvalue weighted by Crippen LogP contribution is -2.47. The van der Waals surface area contributed by atoms with Crippen molar-refractivity contribution in [3.8, 4) is 0 Å². The van der Waals surface area contributed by atoms with Gasteiger partial charge < -0.3 is 25.7 Å². The number of hydrogen-bond donors (Lipinski definition) is 2. The molecule has 0 aromatic rings. The Kier molecular flexibility index (Phi) is 7.02. The second kappa shape index (κ2) is 7.44. The number of carbonyl (C=O) groups is 1. The van der Waals surface area contributed by atoms with Crippen LogP contribution in [0.4, 0.5) is 4.79 Å². The van der Waals surface area contributed by atoms with E-state index in [1.807, 2.05) is 0 Å². The molecule has 6 heteroatoms. The van der Waals surface area contributed by atoms with Gasteiger partial charge in [-0.15, -0.1) is 0 Å². The number of nitrogens with two attached hydrogens (primary N) is 2. The Bertz CT molecular complexity index is 179. The molecule has 0 rings (SSSR count). The maximum Gasteiger partial charge on any atom is 0.404 e. The molecule has 0 aromatic carbocycles. The molecule has 0 heterocycles. The molecule has 1 amide bonds. The molecule has 0 aliphatic heterocycles. The highest BCUT2D eigenvalue weighted by atomic mass is 16.5. The van der Waals surface area contributed by atoms with Gasteiger partial charge in [-0.25, -0.2) is 4.79 Å². The molecule has 6 nitrogen and oxygen atoms in total. The fourth-order valence-corrected chi connectivity index (χ4v) is 1.09. The molecule has 0 aliphatic rings. The van der Waals surface area contributed by atoms with Crippen LogP contribution in [0.5, 0.6) is 0 Å². The minimum atomic E-state index is -0.820. The van der Waals surface area contributed by atoms with Gasteiger partial charge in [0, 0.05) is 27.4 Å². The first-order chi connectivity index (χ1) is 7.04. The third kappa shape index (κ3) is 7.12. The molecule has 0 spiro atoms. The number of methoxy groups -OCH3 is 2. The van der Waals surface area contributed by atoms with Crippen LogP contribution >= 0.6 is 0 Å². The van der Waals surface area contributed by atoms with Crippen LogP contribution in [0.15, 0.2) is 0 Å². The minimum absolute atomic E-state index is 0.0784. The highest BCUT2D eigenvalue weighted by Gasteiger charge is 2.26. The van der Waals surface area contributed by atoms with Gasteiger partial charge in [0.1, 0.15) is 6.61 Å². The Morgan fingerprint density at radius 1 is 1.20 bits per heavy atom. The van der Waals surface area contributed by atoms with E-state index in [0.717, 1.165) is 0 Å². The first-order valence-corrected chi connectivity index (χ1v) is 4.73. The summed E-state index contributed by atoms with van der Waals surface area (Å²) >= 11 is 0. The number of carbonyl (C=O) groups excluding carboxylic acids is 1. The van der Waals surface area contributed by atoms with Gasteiger partial charge in [0.25, 0.3) is 0 Å². The first-order valence-electron chi connectivity index (χ1n) is 4.73. The second-order valence-corrected chi connectivity index (χ2v) is 3.46. The van der Waals surface area contributed by atoms with Crippen molar-refractivity contribution in [2.75, 3.05) is 34.0 Å². The van der Waals surface area contributed by atoms with Crippen LogP contribution in [0.25, 0.3) is 0 Å². The van der Waals surface area contributed by atoms with E-state index in [1.165, 1.54) is 0 Å². The zero-order chi connectivity index (χ0) is 11.7. The van der Waals surface area contributed by atoms with Gasteiger partial charge in [0.05, 0.1) is 5.54 Å². The first kappa shape index (κ1) is 14.2. The summed E-state index contributed by atoms with van der Waals surface area (Å²) in [5.41, 5.74) is 10.3. The van der Waals surface area contributed by atoms with Gasteiger partial charge in [0.2, 0.25) is 0 Å². The lowest BCUT2D eigenvalue weighted by molar-refractivity contribution is 0.0795. The minimum Gasteiger partial charge on any atom is -0.448 e. The lowest BCUT2D eigenvalue weighted by Gasteiger charge is -2.28. The Morgan fingerprint density at radius 3 is 2.00 bits per heavy atom. The molecule has 0 aliphatic carbocycles. The number of amides is 1. The van der Waals surface area contributed by atoms with Crippen molar-refractivity contribution in [1.82, 2.24) is 0 Å². The van der Waals surface area contributed by atoms with Gasteiger partial charge in [0.15, 0.2) is 0 Å². The maximum atomic E-state index is 10.5. The van der Waals surface area contributed by atoms with Crippen LogP contribution < -0.4 is 11.5 Å². The molecule has 0 aromatic heterocycles. The maximum absolute atomic E-state index is 10.5. The number of ether oxygens (including phenoxy) is 3. The summed E-state index contributed by atoms with van der Waals surface area (Å²) in [6.45, 7) is 1.08. The van der Waals surface area contributed by atoms with Crippen molar-refractivity contribution in [3.63, 3.8) is 0 Å². The topological polar surface area (TPSA) is 96.8 Å². The fraction of sp³-hybridized carbons (Fsp3) is 0.889. The van der Waals surface area contributed by atoms with E-state index >= 15 is 0 Å². The zero-order valence-electron chi connectivity index (χ0n) is 9.32. The summed E-state index contributed by atoms with van der Waals surface area (Å²) in [5, 5.41) is 0. The van der Waals surface area contributed by atoms with Crippen LogP contribution in [0, 0.1) is 0 Å². The molecule has 0 saturated carbocycles. The highest BCUT2D eigenvalue weighted by Crippen LogP contribution is 2.13. The molecule has 4 N–H and O–H groups in total. The molecule has 0 saturated heterocycles. The quantitative estimate of drug-likeness (QED) is 0.593. The van der Waals surface area contributed by atoms with Crippen molar-refractivity contribution < 1.29 is 19.0 Å². The average Bonchev–Trinajstić information content (AvgIpc) is 2.21. The van der Waals surface area contributed by atoms with Crippen molar-refractivity contribution in [2.24, 2.45) is 11.5 Å². The van der Waals surface area contributed by atoms with Gasteiger partial charge in [-0.3, -0.25) is 0 Å². The van der Waals surface area contributed by atoms with Crippen LogP contribution in [0.3, 0.4) is 0 Å². The molecule has 0 fully saturated rings. The molecule has 15 heavy (non-hydrogen) atoms. The van der Waals surface area contributed by atoms with Crippen molar-refractivity contribution >= 4 is 6.09 Å². The summed E-state index contributed by atoms with van der Waals surface area (Å²) in [5.74, 6) is 0. The van der Waals surface area contributed by atoms with Crippen molar-refractivity contribution in [3.05, 3.63) is 0 Å². The molecule has 90 valence electrons. The molecular formula is C9H20N2O4. The Hall–Kier alpha value is -0.850. The molecular weight excluding hydrogens is 200 g/mol. The van der Waals surface area contributed by atoms with Gasteiger partial charge in [-0.2, -0.15) is 0 Å². The smallest absolute Gasteiger partial charge is 0.404 e. The molecule has 0 radical (unpaired) electrons. The van der Waals surface area contributed by atoms with E-state index in [0.29, 0.717) is 26.1 Å². The summed E-state index contributed by atoms with van der Waals surface area (Å²) in [4.78, 5) is 10.5. The highest BCUT2D eigenvalue weighted by molar-refractivity contribution is 5.64. The average molecular weight is 220 g/mol. The predicted octanol–water partition coefficient (Wildman–Crippen LogP) is -0.148. The Morgan fingerprint density at radius 2 is 1.67 bits per heavy atom. The van der Waals surface area contributed by atoms with Gasteiger partial charge >= 0.3 is 6.09 Å². The SMILES string of the molecule is COCCC(N)(CCOC)COC(N)=O. The van der Waals surface area contributed by atoms with E-state index in [1.54, 1.807) is 14.2 Å². The standard InChI is InChI=1S/C9H20N2O4/c1-13-5-3-9(11,4-6-14-2)7-15-8(10)12/h3-7,11H2,1-2H3,(H2,10,12). The van der Waals surface area contributed by atoms with Crippen molar-refractivity contribution in [2.45, 2.75) is 18.4 Å². The lowest BCUT2D eigenvalue weighted by atomic mass is 9.94. The van der Waals surface area contributed by atoms with Crippen LogP contribution in [0.2, 0.25) is 0 Å². The predicted molar refractivity (Wildman–Crippen MR) is 55.4 cm³/mol. The Labute approximate surface area is 89.8 Å². The van der Waals surface area contributed by atoms with Crippen LogP contribution in [-0.2, 0) is 14.2 Å². The number of rotatable bonds is 8. The molecule has 0 bridgehead atoms. The van der Waals surface area contributed by atoms with E-state index in [9.17, 15) is 4.79 Å². The van der Waals surface area contributed by atoms with E-state index in [2.05, 4.69) is 0 Å². The molecule has 0 atom stereocenters. The van der Waals surface area contributed by atoms with Gasteiger partial charge in [-0.1, -0.05) is 0 Å². The third-order valence-corrected chi connectivity index (χ3v) is 2.11. The number of hydrogen-bond acceptors (Lipinski definition) is 5. The fourth-order valence-electron chi connectivity index (χ4n) is 1.09. The van der Waals surface area contributed by atoms with Gasteiger partial charge in [-0.05, 0) is 12.8 Å². The summed E-state index contributed by atoms with van der Waals surface area (Å²) < 4.78 is 14.6. The van der Waals surface area contributed by atoms with E-state index in [4.69, 9.17) is 25.7 Å². The largest absolute Gasteiger partial charge is 0.448 e. The summed E-state index contributed by atoms with van der Waals surface area (Å²) in [6, 6.07) is 0. The Balaban J connectivity index is 4.06. The summed E-state index contributed by atoms with van der Waals surface area (Å²) in [6.07, 6.45) is 0.347. The van der Waals surface area contributed by atoms with E-state index in [-0.39, 0.29) is 6.61 Å².